The molecule has 3 aromatic rings. The maximum absolute atomic E-state index is 13.2. The van der Waals surface area contributed by atoms with Gasteiger partial charge in [-0.15, -0.1) is 0 Å². The molecule has 37 heavy (non-hydrogen) atoms. The van der Waals surface area contributed by atoms with E-state index in [0.29, 0.717) is 61.1 Å². The molecule has 2 saturated heterocycles. The number of aromatic amines is 1. The lowest BCUT2D eigenvalue weighted by Crippen LogP contribution is -2.49. The standard InChI is InChI=1S/C27H29N7O3/c1-19-24(16-30-31-26(19)35)34-8-7-21(17-34)18-37-23-4-2-3-22(13-23)27(36)33-11-9-32(10-12-33)25-6-5-20(14-28)15-29-25/h2-6,13,15-16,21H,7-12,17-18H2,1H3,(H,31,35). The van der Waals surface area contributed by atoms with Gasteiger partial charge in [0.15, 0.2) is 0 Å². The fraction of sp³-hybridized carbons (Fsp3) is 0.370. The quantitative estimate of drug-likeness (QED) is 0.549. The Bertz CT molecular complexity index is 1360. The van der Waals surface area contributed by atoms with E-state index in [4.69, 9.17) is 10.00 Å². The van der Waals surface area contributed by atoms with Crippen LogP contribution in [0.2, 0.25) is 0 Å². The average molecular weight is 500 g/mol. The number of piperazine rings is 1. The largest absolute Gasteiger partial charge is 0.493 e. The molecule has 0 spiro atoms. The molecule has 190 valence electrons. The molecule has 1 N–H and O–H groups in total. The second-order valence-corrected chi connectivity index (χ2v) is 9.45. The van der Waals surface area contributed by atoms with Crippen LogP contribution in [0.1, 0.15) is 27.9 Å². The van der Waals surface area contributed by atoms with Crippen molar-refractivity contribution in [2.24, 2.45) is 5.92 Å². The predicted octanol–water partition coefficient (Wildman–Crippen LogP) is 2.21. The summed E-state index contributed by atoms with van der Waals surface area (Å²) in [6, 6.07) is 13.1. The number of rotatable bonds is 6. The number of amides is 1. The van der Waals surface area contributed by atoms with E-state index in [0.717, 1.165) is 31.0 Å². The van der Waals surface area contributed by atoms with Crippen LogP contribution in [-0.4, -0.2) is 71.9 Å². The van der Waals surface area contributed by atoms with Crippen LogP contribution in [0.25, 0.3) is 0 Å². The van der Waals surface area contributed by atoms with Gasteiger partial charge in [0, 0.05) is 62.5 Å². The summed E-state index contributed by atoms with van der Waals surface area (Å²) in [5.41, 5.74) is 2.53. The van der Waals surface area contributed by atoms with E-state index in [1.54, 1.807) is 18.5 Å². The van der Waals surface area contributed by atoms with Gasteiger partial charge in [-0.3, -0.25) is 9.59 Å². The Balaban J connectivity index is 1.14. The molecule has 0 aliphatic carbocycles. The van der Waals surface area contributed by atoms with Gasteiger partial charge in [0.1, 0.15) is 17.6 Å². The molecule has 4 heterocycles. The summed E-state index contributed by atoms with van der Waals surface area (Å²) in [6.07, 6.45) is 4.24. The average Bonchev–Trinajstić information content (AvgIpc) is 3.42. The van der Waals surface area contributed by atoms with Gasteiger partial charge in [-0.05, 0) is 43.7 Å². The van der Waals surface area contributed by atoms with E-state index in [1.165, 1.54) is 0 Å². The number of hydrogen-bond donors (Lipinski definition) is 1. The smallest absolute Gasteiger partial charge is 0.269 e. The topological polar surface area (TPSA) is 118 Å². The number of anilines is 2. The van der Waals surface area contributed by atoms with E-state index in [-0.39, 0.29) is 11.5 Å². The normalized spacial score (nSPS) is 17.5. The van der Waals surface area contributed by atoms with Crippen LogP contribution in [0, 0.1) is 24.2 Å². The van der Waals surface area contributed by atoms with Crippen LogP contribution >= 0.6 is 0 Å². The van der Waals surface area contributed by atoms with Crippen LogP contribution in [-0.2, 0) is 0 Å². The van der Waals surface area contributed by atoms with Crippen molar-refractivity contribution in [1.82, 2.24) is 20.1 Å². The number of pyridine rings is 1. The first-order valence-electron chi connectivity index (χ1n) is 12.4. The number of carbonyl (C=O) groups is 1. The van der Waals surface area contributed by atoms with Crippen molar-refractivity contribution in [1.29, 1.82) is 5.26 Å². The van der Waals surface area contributed by atoms with E-state index >= 15 is 0 Å². The molecule has 2 aromatic heterocycles. The number of aromatic nitrogens is 3. The fourth-order valence-electron chi connectivity index (χ4n) is 4.85. The van der Waals surface area contributed by atoms with Gasteiger partial charge >= 0.3 is 0 Å². The van der Waals surface area contributed by atoms with Crippen molar-refractivity contribution >= 4 is 17.4 Å². The van der Waals surface area contributed by atoms with Crippen molar-refractivity contribution in [3.63, 3.8) is 0 Å². The van der Waals surface area contributed by atoms with Gasteiger partial charge < -0.3 is 19.4 Å². The number of benzene rings is 1. The van der Waals surface area contributed by atoms with Gasteiger partial charge in [-0.25, -0.2) is 10.1 Å². The van der Waals surface area contributed by atoms with E-state index in [1.807, 2.05) is 42.2 Å². The van der Waals surface area contributed by atoms with Gasteiger partial charge in [-0.2, -0.15) is 10.4 Å². The minimum absolute atomic E-state index is 0.0118. The minimum atomic E-state index is -0.161. The van der Waals surface area contributed by atoms with Crippen molar-refractivity contribution < 1.29 is 9.53 Å². The van der Waals surface area contributed by atoms with Crippen LogP contribution in [0.5, 0.6) is 5.75 Å². The molecular weight excluding hydrogens is 470 g/mol. The third-order valence-electron chi connectivity index (χ3n) is 7.04. The maximum Gasteiger partial charge on any atom is 0.269 e. The molecule has 1 unspecified atom stereocenters. The highest BCUT2D eigenvalue weighted by atomic mass is 16.5. The van der Waals surface area contributed by atoms with Gasteiger partial charge in [0.05, 0.1) is 24.1 Å². The number of nitrogens with zero attached hydrogens (tertiary/aromatic N) is 6. The molecule has 2 fully saturated rings. The van der Waals surface area contributed by atoms with Gasteiger partial charge in [0.25, 0.3) is 11.5 Å². The Morgan fingerprint density at radius 1 is 1.14 bits per heavy atom. The summed E-state index contributed by atoms with van der Waals surface area (Å²) in [4.78, 5) is 35.5. The van der Waals surface area contributed by atoms with E-state index in [2.05, 4.69) is 31.1 Å². The summed E-state index contributed by atoms with van der Waals surface area (Å²) in [5, 5.41) is 15.4. The Kier molecular flexibility index (Phi) is 7.03. The Labute approximate surface area is 215 Å². The van der Waals surface area contributed by atoms with Gasteiger partial charge in [-0.1, -0.05) is 6.07 Å². The van der Waals surface area contributed by atoms with Crippen LogP contribution in [0.15, 0.2) is 53.6 Å². The third kappa shape index (κ3) is 5.40. The molecule has 0 bridgehead atoms. The molecule has 10 heteroatoms. The van der Waals surface area contributed by atoms with Crippen LogP contribution in [0.3, 0.4) is 0 Å². The summed E-state index contributed by atoms with van der Waals surface area (Å²) in [5.74, 6) is 1.81. The predicted molar refractivity (Wildman–Crippen MR) is 139 cm³/mol. The second kappa shape index (κ2) is 10.7. The number of carbonyl (C=O) groups excluding carboxylic acids is 1. The number of nitriles is 1. The second-order valence-electron chi connectivity index (χ2n) is 9.45. The van der Waals surface area contributed by atoms with Crippen molar-refractivity contribution in [3.8, 4) is 11.8 Å². The summed E-state index contributed by atoms with van der Waals surface area (Å²) < 4.78 is 6.08. The molecule has 10 nitrogen and oxygen atoms in total. The van der Waals surface area contributed by atoms with Crippen LogP contribution in [0.4, 0.5) is 11.5 Å². The van der Waals surface area contributed by atoms with Crippen LogP contribution < -0.4 is 20.1 Å². The van der Waals surface area contributed by atoms with E-state index in [9.17, 15) is 9.59 Å². The molecule has 5 rings (SSSR count). The Morgan fingerprint density at radius 3 is 2.73 bits per heavy atom. The zero-order valence-corrected chi connectivity index (χ0v) is 20.8. The Morgan fingerprint density at radius 2 is 1.97 bits per heavy atom. The molecule has 1 aromatic carbocycles. The van der Waals surface area contributed by atoms with Crippen molar-refractivity contribution in [3.05, 3.63) is 75.8 Å². The summed E-state index contributed by atoms with van der Waals surface area (Å²) >= 11 is 0. The molecule has 2 aliphatic rings. The highest BCUT2D eigenvalue weighted by molar-refractivity contribution is 5.94. The number of nitrogens with one attached hydrogen (secondary N) is 1. The third-order valence-corrected chi connectivity index (χ3v) is 7.04. The minimum Gasteiger partial charge on any atom is -0.493 e. The first-order chi connectivity index (χ1) is 18.0. The highest BCUT2D eigenvalue weighted by Gasteiger charge is 2.26. The lowest BCUT2D eigenvalue weighted by molar-refractivity contribution is 0.0746. The first kappa shape index (κ1) is 24.3. The molecule has 0 saturated carbocycles. The Hall–Kier alpha value is -4.39. The van der Waals surface area contributed by atoms with Gasteiger partial charge in [0.2, 0.25) is 0 Å². The first-order valence-corrected chi connectivity index (χ1v) is 12.4. The SMILES string of the molecule is Cc1c(N2CCC(COc3cccc(C(=O)N4CCN(c5ccc(C#N)cn5)CC4)c3)C2)cn[nH]c1=O. The summed E-state index contributed by atoms with van der Waals surface area (Å²) in [7, 11) is 0. The molecule has 2 aliphatic heterocycles. The number of ether oxygens (including phenoxy) is 1. The summed E-state index contributed by atoms with van der Waals surface area (Å²) in [6.45, 7) is 6.56. The molecule has 1 amide bonds. The lowest BCUT2D eigenvalue weighted by atomic mass is 10.1. The van der Waals surface area contributed by atoms with Crippen molar-refractivity contribution in [2.75, 3.05) is 55.7 Å². The maximum atomic E-state index is 13.2. The molecule has 1 atom stereocenters. The highest BCUT2D eigenvalue weighted by Crippen LogP contribution is 2.26. The fourth-order valence-corrected chi connectivity index (χ4v) is 4.85. The van der Waals surface area contributed by atoms with E-state index < -0.39 is 0 Å². The zero-order chi connectivity index (χ0) is 25.8. The molecule has 0 radical (unpaired) electrons. The monoisotopic (exact) mass is 499 g/mol. The lowest BCUT2D eigenvalue weighted by Gasteiger charge is -2.35. The molecular formula is C27H29N7O3. The number of H-pyrrole nitrogens is 1. The number of hydrogen-bond acceptors (Lipinski definition) is 8. The van der Waals surface area contributed by atoms with Crippen molar-refractivity contribution in [2.45, 2.75) is 13.3 Å². The zero-order valence-electron chi connectivity index (χ0n) is 20.8.